The smallest absolute Gasteiger partial charge is 0.0177 e. The minimum Gasteiger partial charge on any atom is -0.0610 e. The first kappa shape index (κ1) is 11.8. The summed E-state index contributed by atoms with van der Waals surface area (Å²) in [5, 5.41) is 0. The Kier molecular flexibility index (Phi) is 2.31. The van der Waals surface area contributed by atoms with Crippen LogP contribution in [0.4, 0.5) is 0 Å². The van der Waals surface area contributed by atoms with Crippen molar-refractivity contribution < 1.29 is 0 Å². The van der Waals surface area contributed by atoms with Crippen molar-refractivity contribution in [3.63, 3.8) is 0 Å². The Hall–Kier alpha value is -2.86. The van der Waals surface area contributed by atoms with Gasteiger partial charge in [0.15, 0.2) is 0 Å². The Labute approximate surface area is 130 Å². The maximum Gasteiger partial charge on any atom is -0.0177 e. The maximum absolute atomic E-state index is 2.29. The van der Waals surface area contributed by atoms with E-state index in [4.69, 9.17) is 0 Å². The Balaban J connectivity index is 1.58. The Morgan fingerprint density at radius 2 is 0.818 bits per heavy atom. The summed E-state index contributed by atoms with van der Waals surface area (Å²) in [4.78, 5) is 0. The molecular weight excluding hydrogens is 264 g/mol. The summed E-state index contributed by atoms with van der Waals surface area (Å²) >= 11 is 0. The van der Waals surface area contributed by atoms with E-state index in [0.717, 1.165) is 0 Å². The van der Waals surface area contributed by atoms with Gasteiger partial charge in [0.2, 0.25) is 0 Å². The fraction of sp³-hybridized carbons (Fsp3) is 0. The number of hydrogen-bond donors (Lipinski definition) is 0. The average Bonchev–Trinajstić information content (AvgIpc) is 2.50. The highest BCUT2D eigenvalue weighted by Crippen LogP contribution is 2.33. The van der Waals surface area contributed by atoms with Gasteiger partial charge in [0, 0.05) is 0 Å². The van der Waals surface area contributed by atoms with Gasteiger partial charge in [-0.15, -0.1) is 0 Å². The van der Waals surface area contributed by atoms with Gasteiger partial charge in [0.1, 0.15) is 0 Å². The van der Waals surface area contributed by atoms with E-state index in [0.29, 0.717) is 0 Å². The number of fused-ring (bicyclic) bond motifs is 2. The van der Waals surface area contributed by atoms with E-state index in [2.05, 4.69) is 85.0 Å². The van der Waals surface area contributed by atoms with Crippen LogP contribution >= 0.6 is 0 Å². The van der Waals surface area contributed by atoms with Crippen LogP contribution in [-0.4, -0.2) is 0 Å². The molecule has 22 heavy (non-hydrogen) atoms. The minimum atomic E-state index is 1.28. The third kappa shape index (κ3) is 1.71. The Morgan fingerprint density at radius 1 is 0.364 bits per heavy atom. The summed E-state index contributed by atoms with van der Waals surface area (Å²) in [6, 6.07) is 22.2. The molecule has 5 rings (SSSR count). The molecule has 0 N–H and O–H groups in total. The van der Waals surface area contributed by atoms with Crippen LogP contribution in [0.3, 0.4) is 0 Å². The Morgan fingerprint density at radius 3 is 1.23 bits per heavy atom. The first-order valence-electron chi connectivity index (χ1n) is 7.62. The molecule has 0 unspecified atom stereocenters. The van der Waals surface area contributed by atoms with E-state index in [9.17, 15) is 0 Å². The summed E-state index contributed by atoms with van der Waals surface area (Å²) in [6.07, 6.45) is 8.66. The minimum absolute atomic E-state index is 1.28. The first-order valence-corrected chi connectivity index (χ1v) is 7.62. The van der Waals surface area contributed by atoms with Gasteiger partial charge in [0.05, 0.1) is 0 Å². The third-order valence-electron chi connectivity index (χ3n) is 4.59. The molecule has 0 radical (unpaired) electrons. The molecule has 0 bridgehead atoms. The topological polar surface area (TPSA) is 0 Å². The quantitative estimate of drug-likeness (QED) is 0.372. The lowest BCUT2D eigenvalue weighted by atomic mass is 9.90. The molecule has 0 amide bonds. The van der Waals surface area contributed by atoms with Crippen molar-refractivity contribution in [1.82, 2.24) is 0 Å². The normalized spacial score (nSPS) is 13.1. The predicted octanol–water partition coefficient (Wildman–Crippen LogP) is 5.99. The van der Waals surface area contributed by atoms with E-state index < -0.39 is 0 Å². The first-order chi connectivity index (χ1) is 10.9. The van der Waals surface area contributed by atoms with Crippen molar-refractivity contribution in [2.45, 2.75) is 0 Å². The molecule has 0 saturated heterocycles. The van der Waals surface area contributed by atoms with Crippen LogP contribution in [0, 0.1) is 0 Å². The largest absolute Gasteiger partial charge is 0.0610 e. The SMILES string of the molecule is C1=Cc2cc(-c3cccc(-c4ccc5c(c4)C=C5)c3)ccc21. The maximum atomic E-state index is 2.29. The van der Waals surface area contributed by atoms with Crippen molar-refractivity contribution in [2.75, 3.05) is 0 Å². The lowest BCUT2D eigenvalue weighted by molar-refractivity contribution is 1.53. The lowest BCUT2D eigenvalue weighted by Gasteiger charge is -2.14. The molecule has 3 aromatic carbocycles. The molecule has 102 valence electrons. The highest BCUT2D eigenvalue weighted by atomic mass is 14.1. The highest BCUT2D eigenvalue weighted by Gasteiger charge is 2.09. The van der Waals surface area contributed by atoms with Crippen LogP contribution in [0.15, 0.2) is 60.7 Å². The van der Waals surface area contributed by atoms with Crippen LogP contribution in [-0.2, 0) is 0 Å². The Bertz CT molecular complexity index is 894. The zero-order chi connectivity index (χ0) is 14.5. The number of hydrogen-bond acceptors (Lipinski definition) is 0. The zero-order valence-electron chi connectivity index (χ0n) is 12.1. The molecule has 0 aliphatic heterocycles. The van der Waals surface area contributed by atoms with Crippen LogP contribution in [0.5, 0.6) is 0 Å². The molecular formula is C22H14. The summed E-state index contributed by atoms with van der Waals surface area (Å²) in [7, 11) is 0. The summed E-state index contributed by atoms with van der Waals surface area (Å²) < 4.78 is 0. The van der Waals surface area contributed by atoms with Gasteiger partial charge in [-0.3, -0.25) is 0 Å². The molecule has 0 nitrogen and oxygen atoms in total. The molecule has 0 fully saturated rings. The van der Waals surface area contributed by atoms with E-state index in [1.165, 1.54) is 44.5 Å². The predicted molar refractivity (Wildman–Crippen MR) is 95.2 cm³/mol. The molecule has 2 aliphatic carbocycles. The molecule has 0 spiro atoms. The summed E-state index contributed by atoms with van der Waals surface area (Å²) in [5.74, 6) is 0. The fourth-order valence-electron chi connectivity index (χ4n) is 3.15. The van der Waals surface area contributed by atoms with Crippen molar-refractivity contribution >= 4 is 24.3 Å². The number of rotatable bonds is 2. The second-order valence-corrected chi connectivity index (χ2v) is 5.93. The molecule has 0 heterocycles. The van der Waals surface area contributed by atoms with Crippen molar-refractivity contribution in [2.24, 2.45) is 0 Å². The van der Waals surface area contributed by atoms with Crippen molar-refractivity contribution in [3.8, 4) is 22.3 Å². The van der Waals surface area contributed by atoms with Crippen molar-refractivity contribution in [3.05, 3.63) is 82.9 Å². The second kappa shape index (κ2) is 4.32. The van der Waals surface area contributed by atoms with Crippen molar-refractivity contribution in [1.29, 1.82) is 0 Å². The van der Waals surface area contributed by atoms with Gasteiger partial charge in [-0.05, 0) is 62.7 Å². The second-order valence-electron chi connectivity index (χ2n) is 5.93. The van der Waals surface area contributed by atoms with E-state index in [1.54, 1.807) is 0 Å². The van der Waals surface area contributed by atoms with Gasteiger partial charge in [-0.2, -0.15) is 0 Å². The van der Waals surface area contributed by atoms with Gasteiger partial charge in [-0.1, -0.05) is 66.8 Å². The zero-order valence-corrected chi connectivity index (χ0v) is 12.1. The third-order valence-corrected chi connectivity index (χ3v) is 4.59. The van der Waals surface area contributed by atoms with Gasteiger partial charge < -0.3 is 0 Å². The lowest BCUT2D eigenvalue weighted by Crippen LogP contribution is -1.91. The molecule has 0 heteroatoms. The summed E-state index contributed by atoms with van der Waals surface area (Å²) in [6.45, 7) is 0. The van der Waals surface area contributed by atoms with Gasteiger partial charge in [0.25, 0.3) is 0 Å². The fourth-order valence-corrected chi connectivity index (χ4v) is 3.15. The van der Waals surface area contributed by atoms with Crippen LogP contribution in [0.2, 0.25) is 0 Å². The number of benzene rings is 3. The van der Waals surface area contributed by atoms with Crippen LogP contribution < -0.4 is 0 Å². The molecule has 0 saturated carbocycles. The van der Waals surface area contributed by atoms with Crippen LogP contribution in [0.1, 0.15) is 22.3 Å². The van der Waals surface area contributed by atoms with Crippen LogP contribution in [0.25, 0.3) is 46.6 Å². The van der Waals surface area contributed by atoms with Gasteiger partial charge >= 0.3 is 0 Å². The van der Waals surface area contributed by atoms with E-state index in [-0.39, 0.29) is 0 Å². The molecule has 3 aromatic rings. The molecule has 0 aromatic heterocycles. The monoisotopic (exact) mass is 278 g/mol. The molecule has 2 aliphatic rings. The van der Waals surface area contributed by atoms with E-state index >= 15 is 0 Å². The van der Waals surface area contributed by atoms with E-state index in [1.807, 2.05) is 0 Å². The molecule has 0 atom stereocenters. The summed E-state index contributed by atoms with van der Waals surface area (Å²) in [5.41, 5.74) is 10.5. The highest BCUT2D eigenvalue weighted by molar-refractivity contribution is 5.89. The van der Waals surface area contributed by atoms with Gasteiger partial charge in [-0.25, -0.2) is 0 Å². The standard InChI is InChI=1S/C22H14/c1-2-17(21-10-6-15-4-8-19(15)13-21)12-18(3-1)22-11-7-16-5-9-20(16)14-22/h1-14H. The average molecular weight is 278 g/mol.